The summed E-state index contributed by atoms with van der Waals surface area (Å²) in [6.07, 6.45) is 3.12. The number of hydrogen-bond acceptors (Lipinski definition) is 3. The number of fused-ring (bicyclic) bond motifs is 1. The molecule has 1 aromatic carbocycles. The highest BCUT2D eigenvalue weighted by atomic mass is 16.4. The summed E-state index contributed by atoms with van der Waals surface area (Å²) in [7, 11) is 0. The molecule has 0 aromatic heterocycles. The third kappa shape index (κ3) is 3.77. The lowest BCUT2D eigenvalue weighted by Crippen LogP contribution is -2.40. The van der Waals surface area contributed by atoms with E-state index in [4.69, 9.17) is 5.11 Å². The van der Waals surface area contributed by atoms with Gasteiger partial charge in [0.25, 0.3) is 5.91 Å². The van der Waals surface area contributed by atoms with Crippen LogP contribution in [-0.4, -0.2) is 35.5 Å². The average molecular weight is 316 g/mol. The molecule has 0 bridgehead atoms. The van der Waals surface area contributed by atoms with Gasteiger partial charge in [-0.15, -0.1) is 6.58 Å². The normalized spacial score (nSPS) is 14.0. The van der Waals surface area contributed by atoms with Crippen LogP contribution in [0.2, 0.25) is 0 Å². The molecule has 2 N–H and O–H groups in total. The highest BCUT2D eigenvalue weighted by Gasteiger charge is 2.24. The molecule has 6 nitrogen and oxygen atoms in total. The van der Waals surface area contributed by atoms with Gasteiger partial charge in [0.05, 0.1) is 0 Å². The Kier molecular flexibility index (Phi) is 5.16. The van der Waals surface area contributed by atoms with E-state index in [0.29, 0.717) is 31.4 Å². The predicted molar refractivity (Wildman–Crippen MR) is 86.5 cm³/mol. The highest BCUT2D eigenvalue weighted by molar-refractivity contribution is 5.99. The third-order valence-electron chi connectivity index (χ3n) is 3.88. The fourth-order valence-corrected chi connectivity index (χ4v) is 2.65. The van der Waals surface area contributed by atoms with Gasteiger partial charge in [-0.1, -0.05) is 6.08 Å². The average Bonchev–Trinajstić information content (AvgIpc) is 2.94. The van der Waals surface area contributed by atoms with Crippen molar-refractivity contribution < 1.29 is 19.5 Å². The first kappa shape index (κ1) is 16.7. The Morgan fingerprint density at radius 3 is 2.78 bits per heavy atom. The van der Waals surface area contributed by atoms with Crippen LogP contribution in [0.5, 0.6) is 0 Å². The molecule has 1 aromatic rings. The highest BCUT2D eigenvalue weighted by Crippen LogP contribution is 2.28. The quantitative estimate of drug-likeness (QED) is 0.783. The SMILES string of the molecule is C=CCCC(NC(=O)c1ccc2c(c1)CCN2C(C)=O)C(=O)O. The molecule has 1 aliphatic heterocycles. The zero-order valence-electron chi connectivity index (χ0n) is 13.0. The number of hydrogen-bond donors (Lipinski definition) is 2. The van der Waals surface area contributed by atoms with E-state index in [0.717, 1.165) is 11.3 Å². The van der Waals surface area contributed by atoms with E-state index < -0.39 is 17.9 Å². The fourth-order valence-electron chi connectivity index (χ4n) is 2.65. The predicted octanol–water partition coefficient (Wildman–Crippen LogP) is 1.74. The Hall–Kier alpha value is -2.63. The molecule has 2 rings (SSSR count). The summed E-state index contributed by atoms with van der Waals surface area (Å²) in [5.74, 6) is -1.52. The molecule has 0 fully saturated rings. The number of carboxylic acids is 1. The first-order chi connectivity index (χ1) is 10.9. The van der Waals surface area contributed by atoms with Crippen molar-refractivity contribution in [2.24, 2.45) is 0 Å². The van der Waals surface area contributed by atoms with Crippen LogP contribution in [0.25, 0.3) is 0 Å². The fraction of sp³-hybridized carbons (Fsp3) is 0.353. The van der Waals surface area contributed by atoms with Crippen LogP contribution in [0.1, 0.15) is 35.7 Å². The molecule has 1 heterocycles. The van der Waals surface area contributed by atoms with Crippen molar-refractivity contribution in [2.45, 2.75) is 32.2 Å². The summed E-state index contributed by atoms with van der Waals surface area (Å²) >= 11 is 0. The lowest BCUT2D eigenvalue weighted by molar-refractivity contribution is -0.139. The largest absolute Gasteiger partial charge is 0.480 e. The number of benzene rings is 1. The second-order valence-electron chi connectivity index (χ2n) is 5.49. The second kappa shape index (κ2) is 7.09. The van der Waals surface area contributed by atoms with E-state index in [1.807, 2.05) is 0 Å². The van der Waals surface area contributed by atoms with Gasteiger partial charge >= 0.3 is 5.97 Å². The smallest absolute Gasteiger partial charge is 0.326 e. The van der Waals surface area contributed by atoms with E-state index in [2.05, 4.69) is 11.9 Å². The van der Waals surface area contributed by atoms with Crippen molar-refractivity contribution in [1.82, 2.24) is 5.32 Å². The zero-order valence-corrected chi connectivity index (χ0v) is 13.0. The van der Waals surface area contributed by atoms with Crippen LogP contribution in [-0.2, 0) is 16.0 Å². The molecule has 2 amide bonds. The van der Waals surface area contributed by atoms with Gasteiger partial charge in [-0.25, -0.2) is 4.79 Å². The third-order valence-corrected chi connectivity index (χ3v) is 3.88. The van der Waals surface area contributed by atoms with Gasteiger partial charge in [-0.2, -0.15) is 0 Å². The van der Waals surface area contributed by atoms with Gasteiger partial charge in [-0.3, -0.25) is 9.59 Å². The molecule has 6 heteroatoms. The molecular weight excluding hydrogens is 296 g/mol. The molecular formula is C17H20N2O4. The van der Waals surface area contributed by atoms with E-state index in [9.17, 15) is 14.4 Å². The number of amides is 2. The Balaban J connectivity index is 2.13. The molecule has 23 heavy (non-hydrogen) atoms. The molecule has 1 aliphatic rings. The Labute approximate surface area is 134 Å². The van der Waals surface area contributed by atoms with E-state index in [1.54, 1.807) is 29.2 Å². The van der Waals surface area contributed by atoms with Crippen molar-refractivity contribution in [1.29, 1.82) is 0 Å². The number of aliphatic carboxylic acids is 1. The minimum atomic E-state index is -1.07. The van der Waals surface area contributed by atoms with Crippen LogP contribution in [0.3, 0.4) is 0 Å². The minimum Gasteiger partial charge on any atom is -0.480 e. The van der Waals surface area contributed by atoms with Crippen LogP contribution >= 0.6 is 0 Å². The van der Waals surface area contributed by atoms with Crippen molar-refractivity contribution in [2.75, 3.05) is 11.4 Å². The number of allylic oxidation sites excluding steroid dienone is 1. The number of rotatable bonds is 6. The molecule has 0 saturated carbocycles. The van der Waals surface area contributed by atoms with E-state index in [-0.39, 0.29) is 5.91 Å². The lowest BCUT2D eigenvalue weighted by Gasteiger charge is -2.16. The van der Waals surface area contributed by atoms with Crippen LogP contribution in [0.15, 0.2) is 30.9 Å². The van der Waals surface area contributed by atoms with Crippen LogP contribution in [0, 0.1) is 0 Å². The Bertz CT molecular complexity index is 654. The van der Waals surface area contributed by atoms with Gasteiger partial charge in [0.1, 0.15) is 6.04 Å². The second-order valence-corrected chi connectivity index (χ2v) is 5.49. The number of carbonyl (C=O) groups is 3. The maximum atomic E-state index is 12.3. The first-order valence-electron chi connectivity index (χ1n) is 7.49. The number of anilines is 1. The Morgan fingerprint density at radius 1 is 1.43 bits per heavy atom. The summed E-state index contributed by atoms with van der Waals surface area (Å²) in [5.41, 5.74) is 2.14. The Morgan fingerprint density at radius 2 is 2.17 bits per heavy atom. The van der Waals surface area contributed by atoms with Crippen molar-refractivity contribution >= 4 is 23.5 Å². The topological polar surface area (TPSA) is 86.7 Å². The summed E-state index contributed by atoms with van der Waals surface area (Å²) < 4.78 is 0. The summed E-state index contributed by atoms with van der Waals surface area (Å²) in [4.78, 5) is 36.6. The van der Waals surface area contributed by atoms with Crippen molar-refractivity contribution in [3.8, 4) is 0 Å². The molecule has 0 saturated heterocycles. The van der Waals surface area contributed by atoms with E-state index in [1.165, 1.54) is 6.92 Å². The standard InChI is InChI=1S/C17H20N2O4/c1-3-4-5-14(17(22)23)18-16(21)13-6-7-15-12(10-13)8-9-19(15)11(2)20/h3,6-7,10,14H,1,4-5,8-9H2,2H3,(H,18,21)(H,22,23). The number of nitrogens with one attached hydrogen (secondary N) is 1. The van der Waals surface area contributed by atoms with Crippen molar-refractivity contribution in [3.63, 3.8) is 0 Å². The minimum absolute atomic E-state index is 0.0312. The monoisotopic (exact) mass is 316 g/mol. The maximum absolute atomic E-state index is 12.3. The van der Waals surface area contributed by atoms with Crippen LogP contribution in [0.4, 0.5) is 5.69 Å². The molecule has 122 valence electrons. The van der Waals surface area contributed by atoms with Gasteiger partial charge in [0.15, 0.2) is 0 Å². The zero-order chi connectivity index (χ0) is 17.0. The molecule has 1 atom stereocenters. The summed E-state index contributed by atoms with van der Waals surface area (Å²) in [6, 6.07) is 4.13. The number of nitrogens with zero attached hydrogens (tertiary/aromatic N) is 1. The summed E-state index contributed by atoms with van der Waals surface area (Å²) in [5, 5.41) is 11.7. The molecule has 1 unspecified atom stereocenters. The summed E-state index contributed by atoms with van der Waals surface area (Å²) in [6.45, 7) is 5.66. The molecule has 0 aliphatic carbocycles. The van der Waals surface area contributed by atoms with Gasteiger partial charge in [0.2, 0.25) is 5.91 Å². The van der Waals surface area contributed by atoms with Gasteiger partial charge in [0, 0.05) is 24.7 Å². The maximum Gasteiger partial charge on any atom is 0.326 e. The van der Waals surface area contributed by atoms with Gasteiger partial charge < -0.3 is 15.3 Å². The molecule has 0 spiro atoms. The molecule has 0 radical (unpaired) electrons. The number of carboxylic acid groups (broad SMARTS) is 1. The van der Waals surface area contributed by atoms with Crippen LogP contribution < -0.4 is 10.2 Å². The van der Waals surface area contributed by atoms with E-state index >= 15 is 0 Å². The number of carbonyl (C=O) groups excluding carboxylic acids is 2. The lowest BCUT2D eigenvalue weighted by atomic mass is 10.1. The van der Waals surface area contributed by atoms with Crippen molar-refractivity contribution in [3.05, 3.63) is 42.0 Å². The first-order valence-corrected chi connectivity index (χ1v) is 7.49. The van der Waals surface area contributed by atoms with Gasteiger partial charge in [-0.05, 0) is 43.0 Å².